The van der Waals surface area contributed by atoms with Crippen LogP contribution in [0.2, 0.25) is 0 Å². The molecule has 0 aliphatic rings. The molecule has 0 saturated carbocycles. The number of carbonyl (C=O) groups excluding carboxylic acids is 2. The molecule has 0 atom stereocenters. The smallest absolute Gasteiger partial charge is 0.335 e. The summed E-state index contributed by atoms with van der Waals surface area (Å²) in [5.41, 5.74) is 1.57. The number of nitrogens with one attached hydrogen (secondary N) is 2. The normalized spacial score (nSPS) is 10.5. The van der Waals surface area contributed by atoms with E-state index in [4.69, 9.17) is 10.2 Å². The van der Waals surface area contributed by atoms with Crippen LogP contribution in [0.15, 0.2) is 48.5 Å². The zero-order valence-corrected chi connectivity index (χ0v) is 19.2. The summed E-state index contributed by atoms with van der Waals surface area (Å²) in [5, 5.41) is 23.3. The summed E-state index contributed by atoms with van der Waals surface area (Å²) in [6, 6.07) is 12.2. The van der Waals surface area contributed by atoms with Crippen molar-refractivity contribution in [2.75, 3.05) is 10.6 Å². The van der Waals surface area contributed by atoms with Gasteiger partial charge in [-0.25, -0.2) is 9.59 Å². The molecule has 0 aliphatic heterocycles. The van der Waals surface area contributed by atoms with E-state index in [2.05, 4.69) is 10.6 Å². The van der Waals surface area contributed by atoms with E-state index in [-0.39, 0.29) is 22.9 Å². The van der Waals surface area contributed by atoms with Gasteiger partial charge in [-0.1, -0.05) is 38.5 Å². The van der Waals surface area contributed by atoms with Crippen LogP contribution >= 0.6 is 0 Å². The van der Waals surface area contributed by atoms with Gasteiger partial charge in [0.05, 0.1) is 11.1 Å². The first kappa shape index (κ1) is 26.6. The predicted molar refractivity (Wildman–Crippen MR) is 130 cm³/mol. The Kier molecular flexibility index (Phi) is 11.3. The molecule has 0 saturated heterocycles. The highest BCUT2D eigenvalue weighted by atomic mass is 16.4. The van der Waals surface area contributed by atoms with Crippen LogP contribution in [0.4, 0.5) is 11.4 Å². The Morgan fingerprint density at radius 2 is 0.794 bits per heavy atom. The van der Waals surface area contributed by atoms with Gasteiger partial charge in [0.25, 0.3) is 0 Å². The third-order valence-corrected chi connectivity index (χ3v) is 5.39. The maximum Gasteiger partial charge on any atom is 0.335 e. The number of rotatable bonds is 15. The fourth-order valence-electron chi connectivity index (χ4n) is 3.47. The molecule has 0 fully saturated rings. The van der Waals surface area contributed by atoms with Crippen LogP contribution in [-0.4, -0.2) is 34.0 Å². The minimum absolute atomic E-state index is 0.0702. The standard InChI is InChI=1S/C26H32N2O6/c29-23(27-21-15-11-19(12-16-21)25(31)32)9-7-5-3-1-2-4-6-8-10-24(30)28-22-17-13-20(14-18-22)26(33)34/h11-18H,1-10H2,(H,27,29)(H,28,30)(H,31,32)(H,33,34). The average Bonchev–Trinajstić information content (AvgIpc) is 2.81. The quantitative estimate of drug-likeness (QED) is 0.253. The molecule has 4 N–H and O–H groups in total. The van der Waals surface area contributed by atoms with Gasteiger partial charge < -0.3 is 20.8 Å². The van der Waals surface area contributed by atoms with E-state index in [1.807, 2.05) is 0 Å². The van der Waals surface area contributed by atoms with Crippen LogP contribution in [0, 0.1) is 0 Å². The molecule has 2 amide bonds. The van der Waals surface area contributed by atoms with Crippen LogP contribution in [0.3, 0.4) is 0 Å². The molecular weight excluding hydrogens is 436 g/mol. The van der Waals surface area contributed by atoms with Gasteiger partial charge in [-0.2, -0.15) is 0 Å². The summed E-state index contributed by atoms with van der Waals surface area (Å²) in [5.74, 6) is -2.13. The van der Waals surface area contributed by atoms with Crippen molar-refractivity contribution >= 4 is 35.1 Å². The van der Waals surface area contributed by atoms with Crippen LogP contribution < -0.4 is 10.6 Å². The number of unbranched alkanes of at least 4 members (excludes halogenated alkanes) is 7. The van der Waals surface area contributed by atoms with Crippen molar-refractivity contribution in [3.8, 4) is 0 Å². The molecular formula is C26H32N2O6. The Morgan fingerprint density at radius 3 is 1.09 bits per heavy atom. The molecule has 0 aromatic heterocycles. The van der Waals surface area contributed by atoms with E-state index in [1.54, 1.807) is 24.3 Å². The number of carboxylic acids is 2. The summed E-state index contributed by atoms with van der Waals surface area (Å²) in [6.45, 7) is 0. The van der Waals surface area contributed by atoms with Gasteiger partial charge in [-0.15, -0.1) is 0 Å². The Balaban J connectivity index is 1.44. The maximum absolute atomic E-state index is 12.0. The molecule has 182 valence electrons. The van der Waals surface area contributed by atoms with Gasteiger partial charge >= 0.3 is 11.9 Å². The minimum Gasteiger partial charge on any atom is -0.478 e. The third-order valence-electron chi connectivity index (χ3n) is 5.39. The Bertz CT molecular complexity index is 875. The lowest BCUT2D eigenvalue weighted by molar-refractivity contribution is -0.117. The zero-order valence-electron chi connectivity index (χ0n) is 19.2. The van der Waals surface area contributed by atoms with Crippen molar-refractivity contribution in [1.82, 2.24) is 0 Å². The highest BCUT2D eigenvalue weighted by Gasteiger charge is 2.06. The van der Waals surface area contributed by atoms with E-state index < -0.39 is 11.9 Å². The largest absolute Gasteiger partial charge is 0.478 e. The lowest BCUT2D eigenvalue weighted by Crippen LogP contribution is -2.11. The van der Waals surface area contributed by atoms with Crippen LogP contribution in [0.25, 0.3) is 0 Å². The number of amides is 2. The topological polar surface area (TPSA) is 133 Å². The lowest BCUT2D eigenvalue weighted by Gasteiger charge is -2.06. The third kappa shape index (κ3) is 10.3. The summed E-state index contributed by atoms with van der Waals surface area (Å²) in [4.78, 5) is 45.6. The number of carbonyl (C=O) groups is 4. The van der Waals surface area contributed by atoms with Crippen molar-refractivity contribution < 1.29 is 29.4 Å². The first-order chi connectivity index (χ1) is 16.3. The second kappa shape index (κ2) is 14.5. The van der Waals surface area contributed by atoms with E-state index in [0.717, 1.165) is 51.4 Å². The predicted octanol–water partition coefficient (Wildman–Crippen LogP) is 5.56. The van der Waals surface area contributed by atoms with Gasteiger partial charge in [-0.3, -0.25) is 9.59 Å². The van der Waals surface area contributed by atoms with Crippen molar-refractivity contribution in [1.29, 1.82) is 0 Å². The van der Waals surface area contributed by atoms with E-state index in [9.17, 15) is 19.2 Å². The van der Waals surface area contributed by atoms with Gasteiger partial charge in [0.2, 0.25) is 11.8 Å². The first-order valence-electron chi connectivity index (χ1n) is 11.6. The van der Waals surface area contributed by atoms with E-state index in [0.29, 0.717) is 24.2 Å². The summed E-state index contributed by atoms with van der Waals surface area (Å²) < 4.78 is 0. The van der Waals surface area contributed by atoms with Crippen molar-refractivity contribution in [2.45, 2.75) is 64.2 Å². The van der Waals surface area contributed by atoms with Gasteiger partial charge in [0.1, 0.15) is 0 Å². The molecule has 2 aromatic carbocycles. The van der Waals surface area contributed by atoms with Gasteiger partial charge in [-0.05, 0) is 61.4 Å². The molecule has 8 nitrogen and oxygen atoms in total. The van der Waals surface area contributed by atoms with Crippen LogP contribution in [0.1, 0.15) is 84.9 Å². The molecule has 8 heteroatoms. The molecule has 0 radical (unpaired) electrons. The molecule has 0 heterocycles. The summed E-state index contributed by atoms with van der Waals surface area (Å²) >= 11 is 0. The number of anilines is 2. The van der Waals surface area contributed by atoms with E-state index in [1.165, 1.54) is 24.3 Å². The van der Waals surface area contributed by atoms with Crippen molar-refractivity contribution in [2.24, 2.45) is 0 Å². The van der Waals surface area contributed by atoms with Crippen molar-refractivity contribution in [3.05, 3.63) is 59.7 Å². The molecule has 2 rings (SSSR count). The second-order valence-corrected chi connectivity index (χ2v) is 8.19. The second-order valence-electron chi connectivity index (χ2n) is 8.19. The van der Waals surface area contributed by atoms with Crippen LogP contribution in [-0.2, 0) is 9.59 Å². The highest BCUT2D eigenvalue weighted by Crippen LogP contribution is 2.14. The highest BCUT2D eigenvalue weighted by molar-refractivity contribution is 5.93. The Morgan fingerprint density at radius 1 is 0.500 bits per heavy atom. The maximum atomic E-state index is 12.0. The first-order valence-corrected chi connectivity index (χ1v) is 11.6. The molecule has 0 bridgehead atoms. The Hall–Kier alpha value is -3.68. The zero-order chi connectivity index (χ0) is 24.8. The molecule has 2 aromatic rings. The molecule has 0 aliphatic carbocycles. The fraction of sp³-hybridized carbons (Fsp3) is 0.385. The van der Waals surface area contributed by atoms with Gasteiger partial charge in [0.15, 0.2) is 0 Å². The number of hydrogen-bond donors (Lipinski definition) is 4. The molecule has 0 spiro atoms. The van der Waals surface area contributed by atoms with Crippen molar-refractivity contribution in [3.63, 3.8) is 0 Å². The average molecular weight is 469 g/mol. The number of hydrogen-bond acceptors (Lipinski definition) is 4. The number of aromatic carboxylic acids is 2. The SMILES string of the molecule is O=C(CCCCCCCCCCC(=O)Nc1ccc(C(=O)O)cc1)Nc1ccc(C(=O)O)cc1. The molecule has 0 unspecified atom stereocenters. The minimum atomic E-state index is -0.995. The summed E-state index contributed by atoms with van der Waals surface area (Å²) in [7, 11) is 0. The van der Waals surface area contributed by atoms with Gasteiger partial charge in [0, 0.05) is 24.2 Å². The Labute approximate surface area is 199 Å². The number of benzene rings is 2. The monoisotopic (exact) mass is 468 g/mol. The molecule has 34 heavy (non-hydrogen) atoms. The van der Waals surface area contributed by atoms with E-state index >= 15 is 0 Å². The lowest BCUT2D eigenvalue weighted by atomic mass is 10.1. The number of carboxylic acid groups (broad SMARTS) is 2. The summed E-state index contributed by atoms with van der Waals surface area (Å²) in [6.07, 6.45) is 8.79. The fourth-order valence-corrected chi connectivity index (χ4v) is 3.47. The van der Waals surface area contributed by atoms with Crippen LogP contribution in [0.5, 0.6) is 0 Å².